The van der Waals surface area contributed by atoms with Crippen molar-refractivity contribution in [1.82, 2.24) is 9.97 Å². The third kappa shape index (κ3) is 4.06. The lowest BCUT2D eigenvalue weighted by Gasteiger charge is -2.07. The van der Waals surface area contributed by atoms with Crippen LogP contribution in [0, 0.1) is 0 Å². The van der Waals surface area contributed by atoms with Crippen molar-refractivity contribution in [2.45, 2.75) is 17.9 Å². The summed E-state index contributed by atoms with van der Waals surface area (Å²) in [5.74, 6) is -0.311. The summed E-state index contributed by atoms with van der Waals surface area (Å²) in [7, 11) is 0. The Morgan fingerprint density at radius 3 is 2.90 bits per heavy atom. The molecule has 0 spiro atoms. The number of thioether (sulfide) groups is 1. The van der Waals surface area contributed by atoms with E-state index in [4.69, 9.17) is 4.74 Å². The smallest absolute Gasteiger partial charge is 0.340 e. The Hall–Kier alpha value is -1.88. The number of ether oxygens (including phenoxy) is 1. The molecule has 0 fully saturated rings. The first-order valence-electron chi connectivity index (χ1n) is 6.36. The van der Waals surface area contributed by atoms with E-state index in [0.717, 1.165) is 18.4 Å². The number of aryl methyl sites for hydroxylation is 1. The minimum atomic E-state index is -0.311. The number of nitrogens with zero attached hydrogens (tertiary/aromatic N) is 2. The molecule has 4 nitrogen and oxygen atoms in total. The second kappa shape index (κ2) is 7.65. The van der Waals surface area contributed by atoms with Crippen molar-refractivity contribution in [1.29, 1.82) is 0 Å². The van der Waals surface area contributed by atoms with Crippen molar-refractivity contribution < 1.29 is 9.53 Å². The molecule has 0 saturated carbocycles. The van der Waals surface area contributed by atoms with Crippen LogP contribution in [0.3, 0.4) is 0 Å². The molecule has 2 aromatic heterocycles. The lowest BCUT2D eigenvalue weighted by molar-refractivity contribution is 0.0495. The van der Waals surface area contributed by atoms with Crippen molar-refractivity contribution >= 4 is 17.7 Å². The van der Waals surface area contributed by atoms with E-state index in [0.29, 0.717) is 17.2 Å². The predicted molar refractivity (Wildman–Crippen MR) is 78.9 cm³/mol. The van der Waals surface area contributed by atoms with E-state index in [2.05, 4.69) is 9.97 Å². The highest BCUT2D eigenvalue weighted by molar-refractivity contribution is 7.98. The molecule has 0 aromatic carbocycles. The van der Waals surface area contributed by atoms with Crippen LogP contribution in [0.15, 0.2) is 47.9 Å². The number of hydrogen-bond donors (Lipinski definition) is 0. The first-order chi connectivity index (χ1) is 9.81. The largest absolute Gasteiger partial charge is 0.462 e. The quantitative estimate of drug-likeness (QED) is 0.464. The molecule has 0 bridgehead atoms. The van der Waals surface area contributed by atoms with Gasteiger partial charge in [0.25, 0.3) is 0 Å². The minimum absolute atomic E-state index is 0.311. The van der Waals surface area contributed by atoms with E-state index in [9.17, 15) is 4.79 Å². The zero-order valence-electron chi connectivity index (χ0n) is 11.3. The zero-order chi connectivity index (χ0) is 14.2. The van der Waals surface area contributed by atoms with Gasteiger partial charge in [-0.25, -0.2) is 9.78 Å². The van der Waals surface area contributed by atoms with Gasteiger partial charge in [-0.1, -0.05) is 6.07 Å². The number of rotatable bonds is 6. The van der Waals surface area contributed by atoms with Crippen molar-refractivity contribution in [3.8, 4) is 0 Å². The van der Waals surface area contributed by atoms with Gasteiger partial charge in [-0.05, 0) is 42.9 Å². The normalized spacial score (nSPS) is 10.2. The Morgan fingerprint density at radius 2 is 2.15 bits per heavy atom. The van der Waals surface area contributed by atoms with Gasteiger partial charge in [0.1, 0.15) is 5.03 Å². The molecule has 0 radical (unpaired) electrons. The fraction of sp³-hybridized carbons (Fsp3) is 0.267. The highest BCUT2D eigenvalue weighted by atomic mass is 32.2. The molecular weight excluding hydrogens is 272 g/mol. The Kier molecular flexibility index (Phi) is 5.55. The van der Waals surface area contributed by atoms with Crippen LogP contribution in [0.1, 0.15) is 22.3 Å². The van der Waals surface area contributed by atoms with Crippen LogP contribution >= 0.6 is 11.8 Å². The van der Waals surface area contributed by atoms with E-state index in [-0.39, 0.29) is 5.97 Å². The van der Waals surface area contributed by atoms with Crippen molar-refractivity contribution in [3.63, 3.8) is 0 Å². The maximum Gasteiger partial charge on any atom is 0.340 e. The molecule has 20 heavy (non-hydrogen) atoms. The second-order valence-electron chi connectivity index (χ2n) is 4.16. The summed E-state index contributed by atoms with van der Waals surface area (Å²) in [6.07, 6.45) is 8.77. The first kappa shape index (κ1) is 14.5. The zero-order valence-corrected chi connectivity index (χ0v) is 12.1. The minimum Gasteiger partial charge on any atom is -0.462 e. The molecule has 0 aliphatic carbocycles. The molecule has 104 valence electrons. The van der Waals surface area contributed by atoms with E-state index in [1.54, 1.807) is 24.5 Å². The third-order valence-corrected chi connectivity index (χ3v) is 3.46. The average molecular weight is 288 g/mol. The summed E-state index contributed by atoms with van der Waals surface area (Å²) in [6.45, 7) is 0.399. The van der Waals surface area contributed by atoms with Gasteiger partial charge in [0, 0.05) is 18.6 Å². The summed E-state index contributed by atoms with van der Waals surface area (Å²) >= 11 is 1.44. The molecule has 0 aliphatic heterocycles. The van der Waals surface area contributed by atoms with Gasteiger partial charge >= 0.3 is 5.97 Å². The summed E-state index contributed by atoms with van der Waals surface area (Å²) in [5, 5.41) is 0.699. The van der Waals surface area contributed by atoms with E-state index < -0.39 is 0 Å². The van der Waals surface area contributed by atoms with Crippen LogP contribution in [0.25, 0.3) is 0 Å². The predicted octanol–water partition coefficient (Wildman–Crippen LogP) is 2.99. The fourth-order valence-corrected chi connectivity index (χ4v) is 2.31. The molecular formula is C15H16N2O2S. The Balaban J connectivity index is 1.81. The van der Waals surface area contributed by atoms with E-state index in [1.807, 2.05) is 24.6 Å². The Morgan fingerprint density at radius 1 is 1.30 bits per heavy atom. The number of carbonyl (C=O) groups is 1. The summed E-state index contributed by atoms with van der Waals surface area (Å²) in [5.41, 5.74) is 1.68. The topological polar surface area (TPSA) is 52.1 Å². The number of esters is 1. The lowest BCUT2D eigenvalue weighted by Crippen LogP contribution is -2.09. The molecule has 0 saturated heterocycles. The van der Waals surface area contributed by atoms with Crippen LogP contribution in [0.5, 0.6) is 0 Å². The number of carbonyl (C=O) groups excluding carboxylic acids is 1. The molecule has 0 unspecified atom stereocenters. The van der Waals surface area contributed by atoms with Crippen LogP contribution in [0.2, 0.25) is 0 Å². The number of pyridine rings is 2. The lowest BCUT2D eigenvalue weighted by atomic mass is 10.2. The van der Waals surface area contributed by atoms with Crippen LogP contribution in [-0.2, 0) is 11.2 Å². The van der Waals surface area contributed by atoms with Gasteiger partial charge in [-0.2, -0.15) is 0 Å². The molecule has 2 heterocycles. The van der Waals surface area contributed by atoms with Gasteiger partial charge in [0.05, 0.1) is 12.2 Å². The van der Waals surface area contributed by atoms with E-state index >= 15 is 0 Å². The van der Waals surface area contributed by atoms with Crippen LogP contribution < -0.4 is 0 Å². The molecule has 0 atom stereocenters. The fourth-order valence-electron chi connectivity index (χ4n) is 1.77. The molecule has 0 amide bonds. The van der Waals surface area contributed by atoms with Gasteiger partial charge < -0.3 is 4.74 Å². The molecule has 0 N–H and O–H groups in total. The van der Waals surface area contributed by atoms with Crippen LogP contribution in [0.4, 0.5) is 0 Å². The summed E-state index contributed by atoms with van der Waals surface area (Å²) < 4.78 is 5.28. The molecule has 2 rings (SSSR count). The van der Waals surface area contributed by atoms with Gasteiger partial charge in [0.2, 0.25) is 0 Å². The SMILES string of the molecule is CSc1ncccc1C(=O)OCCCc1cccnc1. The number of aromatic nitrogens is 2. The standard InChI is InChI=1S/C15H16N2O2S/c1-20-14-13(7-3-9-17-14)15(18)19-10-4-6-12-5-2-8-16-11-12/h2-3,5,7-9,11H,4,6,10H2,1H3. The number of hydrogen-bond acceptors (Lipinski definition) is 5. The highest BCUT2D eigenvalue weighted by Gasteiger charge is 2.12. The van der Waals surface area contributed by atoms with Gasteiger partial charge in [-0.3, -0.25) is 4.98 Å². The van der Waals surface area contributed by atoms with Gasteiger partial charge in [-0.15, -0.1) is 11.8 Å². The first-order valence-corrected chi connectivity index (χ1v) is 7.59. The Bertz CT molecular complexity index is 561. The summed E-state index contributed by atoms with van der Waals surface area (Å²) in [4.78, 5) is 20.1. The van der Waals surface area contributed by atoms with Gasteiger partial charge in [0.15, 0.2) is 0 Å². The molecule has 0 aliphatic rings. The monoisotopic (exact) mass is 288 g/mol. The van der Waals surface area contributed by atoms with Crippen molar-refractivity contribution in [2.75, 3.05) is 12.9 Å². The van der Waals surface area contributed by atoms with Crippen molar-refractivity contribution in [3.05, 3.63) is 54.0 Å². The average Bonchev–Trinajstić information content (AvgIpc) is 2.52. The second-order valence-corrected chi connectivity index (χ2v) is 4.96. The van der Waals surface area contributed by atoms with Crippen molar-refractivity contribution in [2.24, 2.45) is 0 Å². The maximum absolute atomic E-state index is 11.9. The van der Waals surface area contributed by atoms with E-state index in [1.165, 1.54) is 11.8 Å². The summed E-state index contributed by atoms with van der Waals surface area (Å²) in [6, 6.07) is 7.40. The molecule has 2 aromatic rings. The third-order valence-electron chi connectivity index (χ3n) is 2.75. The molecule has 5 heteroatoms. The maximum atomic E-state index is 11.9. The van der Waals surface area contributed by atoms with Crippen LogP contribution in [-0.4, -0.2) is 28.8 Å². The highest BCUT2D eigenvalue weighted by Crippen LogP contribution is 2.17. The Labute approximate surface area is 122 Å².